The van der Waals surface area contributed by atoms with Gasteiger partial charge in [-0.15, -0.1) is 6.58 Å². The van der Waals surface area contributed by atoms with E-state index < -0.39 is 34.9 Å². The van der Waals surface area contributed by atoms with E-state index in [1.165, 1.54) is 0 Å². The first-order valence-corrected chi connectivity index (χ1v) is 7.39. The summed E-state index contributed by atoms with van der Waals surface area (Å²) in [6.07, 6.45) is -4.44. The van der Waals surface area contributed by atoms with Crippen LogP contribution in [-0.2, 0) is 6.18 Å². The maximum absolute atomic E-state index is 13.7. The molecule has 0 saturated carbocycles. The van der Waals surface area contributed by atoms with E-state index in [0.29, 0.717) is 43.9 Å². The number of phenolic OH excluding ortho intramolecular Hbond substituents is 1. The van der Waals surface area contributed by atoms with E-state index in [1.807, 2.05) is 4.90 Å². The van der Waals surface area contributed by atoms with Crippen molar-refractivity contribution < 1.29 is 22.7 Å². The van der Waals surface area contributed by atoms with Crippen molar-refractivity contribution in [2.24, 2.45) is 0 Å². The summed E-state index contributed by atoms with van der Waals surface area (Å²) < 4.78 is 53.8. The van der Waals surface area contributed by atoms with Crippen molar-refractivity contribution >= 4 is 0 Å². The molecule has 1 atom stereocenters. The molecule has 1 aliphatic rings. The molecule has 1 fully saturated rings. The van der Waals surface area contributed by atoms with Crippen molar-refractivity contribution in [2.45, 2.75) is 25.6 Å². The SMILES string of the molecule is C=C(C)C[C@H](c1c(C(F)(F)F)ccc(F)c1O)N1CCNCC1. The van der Waals surface area contributed by atoms with Gasteiger partial charge in [0.2, 0.25) is 0 Å². The van der Waals surface area contributed by atoms with Crippen LogP contribution in [0, 0.1) is 5.82 Å². The van der Waals surface area contributed by atoms with Crippen molar-refractivity contribution in [2.75, 3.05) is 26.2 Å². The van der Waals surface area contributed by atoms with Gasteiger partial charge in [0.1, 0.15) is 0 Å². The van der Waals surface area contributed by atoms with Gasteiger partial charge < -0.3 is 10.4 Å². The molecule has 1 aromatic rings. The highest BCUT2D eigenvalue weighted by Crippen LogP contribution is 2.43. The molecule has 0 aliphatic carbocycles. The lowest BCUT2D eigenvalue weighted by Crippen LogP contribution is -2.45. The van der Waals surface area contributed by atoms with Crippen LogP contribution >= 0.6 is 0 Å². The van der Waals surface area contributed by atoms with Gasteiger partial charge in [-0.25, -0.2) is 4.39 Å². The standard InChI is InChI=1S/C16H20F4N2O/c1-10(2)9-13(22-7-5-21-6-8-22)14-11(16(18,19)20)3-4-12(17)15(14)23/h3-4,13,21,23H,1,5-9H2,2H3/t13-/m1/s1. The molecule has 0 bridgehead atoms. The highest BCUT2D eigenvalue weighted by molar-refractivity contribution is 5.45. The third-order valence-electron chi connectivity index (χ3n) is 3.94. The van der Waals surface area contributed by atoms with Gasteiger partial charge in [0, 0.05) is 37.8 Å². The number of piperazine rings is 1. The van der Waals surface area contributed by atoms with Crippen molar-refractivity contribution in [3.63, 3.8) is 0 Å². The van der Waals surface area contributed by atoms with Crippen LogP contribution in [0.15, 0.2) is 24.3 Å². The van der Waals surface area contributed by atoms with Gasteiger partial charge in [-0.2, -0.15) is 13.2 Å². The first kappa shape index (κ1) is 17.7. The van der Waals surface area contributed by atoms with Crippen LogP contribution in [0.3, 0.4) is 0 Å². The number of aromatic hydroxyl groups is 1. The van der Waals surface area contributed by atoms with E-state index in [1.54, 1.807) is 6.92 Å². The average Bonchev–Trinajstić information content (AvgIpc) is 2.47. The minimum atomic E-state index is -4.66. The second-order valence-electron chi connectivity index (χ2n) is 5.82. The van der Waals surface area contributed by atoms with Crippen LogP contribution in [0.1, 0.15) is 30.5 Å². The second kappa shape index (κ2) is 6.88. The van der Waals surface area contributed by atoms with Crippen LogP contribution in [0.25, 0.3) is 0 Å². The van der Waals surface area contributed by atoms with E-state index in [-0.39, 0.29) is 6.42 Å². The van der Waals surface area contributed by atoms with Crippen LogP contribution in [0.5, 0.6) is 5.75 Å². The fourth-order valence-electron chi connectivity index (χ4n) is 2.90. The molecule has 0 unspecified atom stereocenters. The number of halogens is 4. The first-order valence-electron chi connectivity index (χ1n) is 7.39. The number of rotatable bonds is 4. The maximum atomic E-state index is 13.7. The molecular weight excluding hydrogens is 312 g/mol. The monoisotopic (exact) mass is 332 g/mol. The van der Waals surface area contributed by atoms with E-state index in [2.05, 4.69) is 11.9 Å². The molecule has 0 aromatic heterocycles. The Morgan fingerprint density at radius 2 is 1.96 bits per heavy atom. The van der Waals surface area contributed by atoms with E-state index in [9.17, 15) is 22.7 Å². The number of nitrogens with one attached hydrogen (secondary N) is 1. The third-order valence-corrected chi connectivity index (χ3v) is 3.94. The lowest BCUT2D eigenvalue weighted by Gasteiger charge is -2.36. The van der Waals surface area contributed by atoms with Gasteiger partial charge in [0.25, 0.3) is 0 Å². The van der Waals surface area contributed by atoms with Crippen molar-refractivity contribution in [3.05, 3.63) is 41.2 Å². The van der Waals surface area contributed by atoms with Crippen LogP contribution in [0.2, 0.25) is 0 Å². The Balaban J connectivity index is 2.56. The largest absolute Gasteiger partial charge is 0.505 e. The summed E-state index contributed by atoms with van der Waals surface area (Å²) >= 11 is 0. The zero-order valence-electron chi connectivity index (χ0n) is 12.9. The Morgan fingerprint density at radius 1 is 1.35 bits per heavy atom. The zero-order chi connectivity index (χ0) is 17.2. The quantitative estimate of drug-likeness (QED) is 0.655. The molecule has 1 heterocycles. The van der Waals surface area contributed by atoms with E-state index in [0.717, 1.165) is 0 Å². The normalized spacial score (nSPS) is 18.0. The fourth-order valence-corrected chi connectivity index (χ4v) is 2.90. The Bertz CT molecular complexity index is 580. The molecule has 1 saturated heterocycles. The Hall–Kier alpha value is -1.60. The molecule has 0 radical (unpaired) electrons. The number of benzene rings is 1. The first-order chi connectivity index (χ1) is 10.7. The highest BCUT2D eigenvalue weighted by atomic mass is 19.4. The number of hydrogen-bond acceptors (Lipinski definition) is 3. The molecule has 2 N–H and O–H groups in total. The van der Waals surface area contributed by atoms with Gasteiger partial charge in [-0.05, 0) is 25.5 Å². The summed E-state index contributed by atoms with van der Waals surface area (Å²) in [6, 6.07) is 0.580. The zero-order valence-corrected chi connectivity index (χ0v) is 12.9. The topological polar surface area (TPSA) is 35.5 Å². The molecule has 23 heavy (non-hydrogen) atoms. The maximum Gasteiger partial charge on any atom is 0.416 e. The predicted molar refractivity (Wildman–Crippen MR) is 79.7 cm³/mol. The molecule has 7 heteroatoms. The summed E-state index contributed by atoms with van der Waals surface area (Å²) in [4.78, 5) is 1.83. The summed E-state index contributed by atoms with van der Waals surface area (Å²) in [5.41, 5.74) is -0.728. The van der Waals surface area contributed by atoms with Crippen molar-refractivity contribution in [3.8, 4) is 5.75 Å². The summed E-state index contributed by atoms with van der Waals surface area (Å²) in [6.45, 7) is 7.76. The highest BCUT2D eigenvalue weighted by Gasteiger charge is 2.39. The molecule has 2 rings (SSSR count). The minimum Gasteiger partial charge on any atom is -0.505 e. The lowest BCUT2D eigenvalue weighted by molar-refractivity contribution is -0.139. The third kappa shape index (κ3) is 4.03. The number of nitrogens with zero attached hydrogens (tertiary/aromatic N) is 1. The van der Waals surface area contributed by atoms with Gasteiger partial charge >= 0.3 is 6.18 Å². The van der Waals surface area contributed by atoms with Gasteiger partial charge in [-0.3, -0.25) is 4.90 Å². The van der Waals surface area contributed by atoms with Crippen LogP contribution in [0.4, 0.5) is 17.6 Å². The molecule has 1 aliphatic heterocycles. The smallest absolute Gasteiger partial charge is 0.416 e. The lowest BCUT2D eigenvalue weighted by atomic mass is 9.92. The van der Waals surface area contributed by atoms with Crippen LogP contribution < -0.4 is 5.32 Å². The Labute approximate surface area is 132 Å². The summed E-state index contributed by atoms with van der Waals surface area (Å²) in [7, 11) is 0. The number of alkyl halides is 3. The molecular formula is C16H20F4N2O. The summed E-state index contributed by atoms with van der Waals surface area (Å²) in [5, 5.41) is 13.1. The Kier molecular flexibility index (Phi) is 5.31. The second-order valence-corrected chi connectivity index (χ2v) is 5.82. The molecule has 3 nitrogen and oxygen atoms in total. The van der Waals surface area contributed by atoms with Gasteiger partial charge in [-0.1, -0.05) is 5.57 Å². The number of phenols is 1. The van der Waals surface area contributed by atoms with Crippen molar-refractivity contribution in [1.29, 1.82) is 0 Å². The molecule has 0 spiro atoms. The van der Waals surface area contributed by atoms with E-state index >= 15 is 0 Å². The van der Waals surface area contributed by atoms with Gasteiger partial charge in [0.05, 0.1) is 5.56 Å². The predicted octanol–water partition coefficient (Wildman–Crippen LogP) is 3.46. The summed E-state index contributed by atoms with van der Waals surface area (Å²) in [5.74, 6) is -1.97. The molecule has 0 amide bonds. The fraction of sp³-hybridized carbons (Fsp3) is 0.500. The van der Waals surface area contributed by atoms with Crippen molar-refractivity contribution in [1.82, 2.24) is 10.2 Å². The molecule has 1 aromatic carbocycles. The Morgan fingerprint density at radius 3 is 2.48 bits per heavy atom. The van der Waals surface area contributed by atoms with Crippen LogP contribution in [-0.4, -0.2) is 36.2 Å². The number of hydrogen-bond donors (Lipinski definition) is 2. The molecule has 128 valence electrons. The van der Waals surface area contributed by atoms with Gasteiger partial charge in [0.15, 0.2) is 11.6 Å². The van der Waals surface area contributed by atoms with E-state index in [4.69, 9.17) is 0 Å². The average molecular weight is 332 g/mol. The minimum absolute atomic E-state index is 0.222.